The van der Waals surface area contributed by atoms with Gasteiger partial charge in [-0.15, -0.1) is 0 Å². The Bertz CT molecular complexity index is 947. The van der Waals surface area contributed by atoms with E-state index in [-0.39, 0.29) is 12.3 Å². The van der Waals surface area contributed by atoms with Gasteiger partial charge in [-0.3, -0.25) is 4.79 Å². The Morgan fingerprint density at radius 3 is 2.65 bits per heavy atom. The van der Waals surface area contributed by atoms with Gasteiger partial charge in [0.25, 0.3) is 0 Å². The summed E-state index contributed by atoms with van der Waals surface area (Å²) in [6.07, 6.45) is 1.70. The summed E-state index contributed by atoms with van der Waals surface area (Å²) in [5.41, 5.74) is 5.27. The number of halogens is 2. The normalized spacial score (nSPS) is 11.0. The fourth-order valence-electron chi connectivity index (χ4n) is 2.36. The molecule has 6 heteroatoms. The van der Waals surface area contributed by atoms with E-state index in [1.165, 1.54) is 6.21 Å². The first kappa shape index (κ1) is 18.2. The molecule has 0 aliphatic rings. The van der Waals surface area contributed by atoms with Crippen LogP contribution < -0.4 is 5.43 Å². The Hall–Kier alpha value is -2.56. The number of hydrogen-bond donors (Lipinski definition) is 1. The van der Waals surface area contributed by atoms with Crippen molar-refractivity contribution in [3.8, 4) is 11.3 Å². The van der Waals surface area contributed by atoms with Gasteiger partial charge in [-0.25, -0.2) is 5.43 Å². The first-order valence-corrected chi connectivity index (χ1v) is 8.70. The molecule has 1 aromatic heterocycles. The molecule has 3 aromatic rings. The summed E-state index contributed by atoms with van der Waals surface area (Å²) < 4.78 is 5.68. The van der Waals surface area contributed by atoms with E-state index in [2.05, 4.69) is 10.5 Å². The summed E-state index contributed by atoms with van der Waals surface area (Å²) >= 11 is 12.2. The zero-order chi connectivity index (χ0) is 18.5. The maximum absolute atomic E-state index is 11.9. The van der Waals surface area contributed by atoms with Gasteiger partial charge in [-0.05, 0) is 36.8 Å². The number of hydrazone groups is 1. The molecule has 1 heterocycles. The van der Waals surface area contributed by atoms with Crippen molar-refractivity contribution in [3.63, 3.8) is 0 Å². The van der Waals surface area contributed by atoms with Crippen LogP contribution in [0.25, 0.3) is 11.3 Å². The number of aryl methyl sites for hydroxylation is 1. The maximum Gasteiger partial charge on any atom is 0.244 e. The van der Waals surface area contributed by atoms with Crippen molar-refractivity contribution in [2.75, 3.05) is 0 Å². The topological polar surface area (TPSA) is 54.6 Å². The summed E-state index contributed by atoms with van der Waals surface area (Å²) in [6.45, 7) is 2.00. The van der Waals surface area contributed by atoms with Crippen molar-refractivity contribution in [2.45, 2.75) is 13.3 Å². The Morgan fingerprint density at radius 2 is 1.88 bits per heavy atom. The fourth-order valence-corrected chi connectivity index (χ4v) is 2.75. The molecule has 0 radical (unpaired) electrons. The smallest absolute Gasteiger partial charge is 0.244 e. The highest BCUT2D eigenvalue weighted by Crippen LogP contribution is 2.34. The molecule has 4 nitrogen and oxygen atoms in total. The van der Waals surface area contributed by atoms with E-state index in [1.54, 1.807) is 24.3 Å². The first-order valence-electron chi connectivity index (χ1n) is 7.94. The molecule has 0 spiro atoms. The molecule has 0 unspecified atom stereocenters. The van der Waals surface area contributed by atoms with Crippen LogP contribution in [0.2, 0.25) is 10.0 Å². The largest absolute Gasteiger partial charge is 0.455 e. The lowest BCUT2D eigenvalue weighted by molar-refractivity contribution is -0.120. The van der Waals surface area contributed by atoms with Gasteiger partial charge in [0.1, 0.15) is 11.5 Å². The summed E-state index contributed by atoms with van der Waals surface area (Å²) in [4.78, 5) is 11.9. The van der Waals surface area contributed by atoms with E-state index in [9.17, 15) is 4.79 Å². The van der Waals surface area contributed by atoms with Gasteiger partial charge in [0.2, 0.25) is 5.91 Å². The van der Waals surface area contributed by atoms with E-state index in [4.69, 9.17) is 27.6 Å². The average Bonchev–Trinajstić information content (AvgIpc) is 3.08. The number of nitrogens with one attached hydrogen (secondary N) is 1. The lowest BCUT2D eigenvalue weighted by Crippen LogP contribution is -2.19. The molecular formula is C20H16Cl2N2O2. The second-order valence-corrected chi connectivity index (χ2v) is 6.54. The minimum absolute atomic E-state index is 0.199. The van der Waals surface area contributed by atoms with Crippen LogP contribution >= 0.6 is 23.2 Å². The molecule has 0 atom stereocenters. The highest BCUT2D eigenvalue weighted by Gasteiger charge is 2.10. The van der Waals surface area contributed by atoms with E-state index in [1.807, 2.05) is 37.3 Å². The minimum atomic E-state index is -0.199. The van der Waals surface area contributed by atoms with Gasteiger partial charge in [-0.2, -0.15) is 5.10 Å². The summed E-state index contributed by atoms with van der Waals surface area (Å²) in [7, 11) is 0. The molecule has 0 bridgehead atoms. The van der Waals surface area contributed by atoms with Crippen LogP contribution in [0.15, 0.2) is 64.1 Å². The zero-order valence-corrected chi connectivity index (χ0v) is 15.5. The molecule has 26 heavy (non-hydrogen) atoms. The third-order valence-corrected chi connectivity index (χ3v) is 4.53. The number of carbonyl (C=O) groups excluding carboxylic acids is 1. The van der Waals surface area contributed by atoms with Crippen molar-refractivity contribution < 1.29 is 9.21 Å². The van der Waals surface area contributed by atoms with Crippen molar-refractivity contribution in [1.82, 2.24) is 5.43 Å². The van der Waals surface area contributed by atoms with E-state index in [0.717, 1.165) is 11.1 Å². The van der Waals surface area contributed by atoms with Crippen LogP contribution in [0.5, 0.6) is 0 Å². The van der Waals surface area contributed by atoms with Crippen molar-refractivity contribution in [3.05, 3.63) is 81.5 Å². The van der Waals surface area contributed by atoms with Gasteiger partial charge in [0.15, 0.2) is 0 Å². The van der Waals surface area contributed by atoms with Crippen molar-refractivity contribution in [1.29, 1.82) is 0 Å². The van der Waals surface area contributed by atoms with Crippen LogP contribution in [0.3, 0.4) is 0 Å². The second kappa shape index (κ2) is 8.21. The molecule has 0 fully saturated rings. The number of carbonyl (C=O) groups is 1. The van der Waals surface area contributed by atoms with E-state index >= 15 is 0 Å². The number of hydrogen-bond acceptors (Lipinski definition) is 3. The van der Waals surface area contributed by atoms with Crippen LogP contribution in [-0.2, 0) is 11.2 Å². The Balaban J connectivity index is 1.61. The SMILES string of the molecule is Cc1ccc(CC(=O)N/N=C\c2ccc(-c3cccc(Cl)c3Cl)o2)cc1. The molecule has 1 amide bonds. The molecular weight excluding hydrogens is 371 g/mol. The van der Waals surface area contributed by atoms with Gasteiger partial charge in [-0.1, -0.05) is 59.1 Å². The average molecular weight is 387 g/mol. The van der Waals surface area contributed by atoms with E-state index in [0.29, 0.717) is 27.1 Å². The summed E-state index contributed by atoms with van der Waals surface area (Å²) in [5, 5.41) is 4.81. The van der Waals surface area contributed by atoms with Crippen molar-refractivity contribution >= 4 is 35.3 Å². The molecule has 0 aliphatic heterocycles. The third-order valence-electron chi connectivity index (χ3n) is 3.71. The minimum Gasteiger partial charge on any atom is -0.455 e. The molecule has 0 saturated heterocycles. The highest BCUT2D eigenvalue weighted by molar-refractivity contribution is 6.43. The Kier molecular flexibility index (Phi) is 5.76. The van der Waals surface area contributed by atoms with Crippen LogP contribution in [0.1, 0.15) is 16.9 Å². The molecule has 1 N–H and O–H groups in total. The number of rotatable bonds is 5. The Labute approximate surface area is 161 Å². The Morgan fingerprint density at radius 1 is 1.12 bits per heavy atom. The van der Waals surface area contributed by atoms with Crippen LogP contribution in [0, 0.1) is 6.92 Å². The summed E-state index contributed by atoms with van der Waals surface area (Å²) in [6, 6.07) is 16.6. The van der Waals surface area contributed by atoms with Gasteiger partial charge < -0.3 is 4.42 Å². The van der Waals surface area contributed by atoms with Crippen LogP contribution in [-0.4, -0.2) is 12.1 Å². The fraction of sp³-hybridized carbons (Fsp3) is 0.100. The predicted molar refractivity (Wildman–Crippen MR) is 105 cm³/mol. The lowest BCUT2D eigenvalue weighted by Gasteiger charge is -2.02. The van der Waals surface area contributed by atoms with Crippen molar-refractivity contribution in [2.24, 2.45) is 5.10 Å². The first-order chi connectivity index (χ1) is 12.5. The monoisotopic (exact) mass is 386 g/mol. The van der Waals surface area contributed by atoms with Gasteiger partial charge in [0, 0.05) is 5.56 Å². The van der Waals surface area contributed by atoms with Gasteiger partial charge in [0.05, 0.1) is 22.7 Å². The number of furan rings is 1. The number of amides is 1. The predicted octanol–water partition coefficient (Wildman–Crippen LogP) is 5.25. The zero-order valence-electron chi connectivity index (χ0n) is 14.0. The lowest BCUT2D eigenvalue weighted by atomic mass is 10.1. The molecule has 132 valence electrons. The highest BCUT2D eigenvalue weighted by atomic mass is 35.5. The molecule has 0 aliphatic carbocycles. The number of benzene rings is 2. The third kappa shape index (κ3) is 4.54. The molecule has 3 rings (SSSR count). The number of nitrogens with zero attached hydrogens (tertiary/aromatic N) is 1. The van der Waals surface area contributed by atoms with Crippen LogP contribution in [0.4, 0.5) is 0 Å². The van der Waals surface area contributed by atoms with E-state index < -0.39 is 0 Å². The summed E-state index contributed by atoms with van der Waals surface area (Å²) in [5.74, 6) is 0.867. The standard InChI is InChI=1S/C20H16Cl2N2O2/c1-13-5-7-14(8-6-13)11-19(25)24-23-12-15-9-10-18(26-15)16-3-2-4-17(21)20(16)22/h2-10,12H,11H2,1H3,(H,24,25)/b23-12-. The molecule has 2 aromatic carbocycles. The maximum atomic E-state index is 11.9. The quantitative estimate of drug-likeness (QED) is 0.480. The molecule has 0 saturated carbocycles. The second-order valence-electron chi connectivity index (χ2n) is 5.76. The van der Waals surface area contributed by atoms with Gasteiger partial charge >= 0.3 is 0 Å².